The molecule has 0 radical (unpaired) electrons. The standard InChI is InChI=1S/C9H10IN/c1-6-3-4-9-8(5-6)10-7(2)11-9/h3-5,11H,1-2H3. The van der Waals surface area contributed by atoms with E-state index in [2.05, 4.69) is 37.4 Å². The van der Waals surface area contributed by atoms with Crippen LogP contribution in [0.3, 0.4) is 0 Å². The highest BCUT2D eigenvalue weighted by atomic mass is 127. The van der Waals surface area contributed by atoms with E-state index in [1.165, 1.54) is 14.9 Å². The zero-order chi connectivity index (χ0) is 7.84. The summed E-state index contributed by atoms with van der Waals surface area (Å²) in [5, 5.41) is 3.39. The van der Waals surface area contributed by atoms with E-state index in [0.29, 0.717) is 0 Å². The molecule has 58 valence electrons. The zero-order valence-corrected chi connectivity index (χ0v) is 8.77. The predicted octanol–water partition coefficient (Wildman–Crippen LogP) is 2.71. The van der Waals surface area contributed by atoms with Crippen molar-refractivity contribution in [2.75, 3.05) is 5.32 Å². The van der Waals surface area contributed by atoms with Crippen LogP contribution >= 0.6 is 20.7 Å². The van der Waals surface area contributed by atoms with Crippen molar-refractivity contribution in [2.24, 2.45) is 0 Å². The number of hydrogen-bond donors (Lipinski definition) is 1. The summed E-state index contributed by atoms with van der Waals surface area (Å²) in [6, 6.07) is 6.64. The Morgan fingerprint density at radius 2 is 2.09 bits per heavy atom. The molecule has 1 nitrogen and oxygen atoms in total. The van der Waals surface area contributed by atoms with Crippen molar-refractivity contribution in [3.8, 4) is 0 Å². The van der Waals surface area contributed by atoms with Crippen LogP contribution in [0.4, 0.5) is 5.69 Å². The first-order valence-corrected chi connectivity index (χ1v) is 5.77. The van der Waals surface area contributed by atoms with Gasteiger partial charge in [0.2, 0.25) is 0 Å². The number of nitrogens with one attached hydrogen (secondary N) is 1. The third-order valence-corrected chi connectivity index (χ3v) is 4.23. The fraction of sp³-hybridized carbons (Fsp3) is 0.222. The van der Waals surface area contributed by atoms with Crippen molar-refractivity contribution in [1.29, 1.82) is 0 Å². The van der Waals surface area contributed by atoms with Gasteiger partial charge in [0, 0.05) is 7.20 Å². The van der Waals surface area contributed by atoms with Crippen LogP contribution in [0.5, 0.6) is 0 Å². The fourth-order valence-electron chi connectivity index (χ4n) is 1.16. The normalized spacial score (nSPS) is 14.5. The number of aryl methyl sites for hydroxylation is 1. The highest BCUT2D eigenvalue weighted by Gasteiger charge is 2.07. The van der Waals surface area contributed by atoms with E-state index in [9.17, 15) is 0 Å². The molecule has 11 heavy (non-hydrogen) atoms. The molecule has 0 atom stereocenters. The van der Waals surface area contributed by atoms with Gasteiger partial charge >= 0.3 is 0 Å². The van der Waals surface area contributed by atoms with Gasteiger partial charge in [0.25, 0.3) is 0 Å². The Balaban J connectivity index is 2.54. The molecule has 0 saturated heterocycles. The molecule has 0 unspecified atom stereocenters. The summed E-state index contributed by atoms with van der Waals surface area (Å²) in [4.78, 5) is 0. The van der Waals surface area contributed by atoms with Gasteiger partial charge in [-0.2, -0.15) is 0 Å². The van der Waals surface area contributed by atoms with E-state index in [0.717, 1.165) is 0 Å². The summed E-state index contributed by atoms with van der Waals surface area (Å²) < 4.78 is 3.01. The van der Waals surface area contributed by atoms with Gasteiger partial charge in [0.05, 0.1) is 5.69 Å². The quantitative estimate of drug-likeness (QED) is 0.706. The van der Waals surface area contributed by atoms with Crippen LogP contribution in [0.2, 0.25) is 0 Å². The third-order valence-electron chi connectivity index (χ3n) is 1.68. The van der Waals surface area contributed by atoms with Crippen LogP contribution in [0, 0.1) is 10.5 Å². The van der Waals surface area contributed by atoms with E-state index >= 15 is 0 Å². The Morgan fingerprint density at radius 1 is 1.27 bits per heavy atom. The molecule has 0 fully saturated rings. The number of hydrogen-bond acceptors (Lipinski definition) is 1. The average molecular weight is 259 g/mol. The predicted molar refractivity (Wildman–Crippen MR) is 58.2 cm³/mol. The van der Waals surface area contributed by atoms with Crippen molar-refractivity contribution in [2.45, 2.75) is 13.8 Å². The minimum atomic E-state index is 0.149. The SMILES string of the molecule is CC1=Ic2cc(C)ccc2N1. The number of rotatable bonds is 0. The van der Waals surface area contributed by atoms with Crippen molar-refractivity contribution >= 4 is 30.1 Å². The number of fused-ring (bicyclic) bond motifs is 1. The molecule has 2 rings (SSSR count). The molecular formula is C9H10IN. The van der Waals surface area contributed by atoms with Crippen LogP contribution in [0.15, 0.2) is 18.2 Å². The Bertz CT molecular complexity index is 328. The molecule has 1 heterocycles. The molecule has 0 aromatic heterocycles. The molecule has 0 saturated carbocycles. The van der Waals surface area contributed by atoms with E-state index in [4.69, 9.17) is 0 Å². The summed E-state index contributed by atoms with van der Waals surface area (Å²) in [5.74, 6) is 0. The molecule has 0 bridgehead atoms. The largest absolute Gasteiger partial charge is 0.354 e. The van der Waals surface area contributed by atoms with E-state index in [-0.39, 0.29) is 20.7 Å². The monoisotopic (exact) mass is 259 g/mol. The Morgan fingerprint density at radius 3 is 2.91 bits per heavy atom. The lowest BCUT2D eigenvalue weighted by atomic mass is 10.2. The highest BCUT2D eigenvalue weighted by Crippen LogP contribution is 2.29. The van der Waals surface area contributed by atoms with Crippen LogP contribution in [-0.2, 0) is 0 Å². The smallest absolute Gasteiger partial charge is 0.0517 e. The zero-order valence-electron chi connectivity index (χ0n) is 6.61. The van der Waals surface area contributed by atoms with Gasteiger partial charge in [-0.3, -0.25) is 0 Å². The van der Waals surface area contributed by atoms with Crippen molar-refractivity contribution in [3.05, 3.63) is 27.3 Å². The van der Waals surface area contributed by atoms with Crippen LogP contribution in [0.25, 0.3) is 0 Å². The fourth-order valence-corrected chi connectivity index (χ4v) is 3.71. The Kier molecular flexibility index (Phi) is 1.71. The van der Waals surface area contributed by atoms with E-state index < -0.39 is 0 Å². The number of anilines is 1. The second-order valence-corrected chi connectivity index (χ2v) is 6.06. The average Bonchev–Trinajstić information content (AvgIpc) is 2.27. The lowest BCUT2D eigenvalue weighted by molar-refractivity contribution is 1.45. The summed E-state index contributed by atoms with van der Waals surface area (Å²) in [6.07, 6.45) is 0. The molecule has 0 aliphatic carbocycles. The first-order chi connectivity index (χ1) is 5.25. The number of halogens is 1. The van der Waals surface area contributed by atoms with Gasteiger partial charge in [0.1, 0.15) is 0 Å². The second kappa shape index (κ2) is 2.59. The van der Waals surface area contributed by atoms with Gasteiger partial charge in [-0.05, 0) is 31.5 Å². The molecule has 1 aromatic carbocycles. The molecule has 1 aliphatic rings. The molecule has 0 spiro atoms. The third kappa shape index (κ3) is 1.31. The summed E-state index contributed by atoms with van der Waals surface area (Å²) in [7, 11) is 0. The molecule has 2 heteroatoms. The van der Waals surface area contributed by atoms with Gasteiger partial charge in [-0.1, -0.05) is 26.8 Å². The maximum Gasteiger partial charge on any atom is 0.0517 e. The molecule has 1 aliphatic heterocycles. The second-order valence-electron chi connectivity index (χ2n) is 2.74. The molecule has 1 aromatic rings. The van der Waals surface area contributed by atoms with Crippen molar-refractivity contribution < 1.29 is 0 Å². The van der Waals surface area contributed by atoms with Crippen molar-refractivity contribution in [3.63, 3.8) is 0 Å². The molecule has 1 N–H and O–H groups in total. The summed E-state index contributed by atoms with van der Waals surface area (Å²) in [5.41, 5.74) is 2.71. The van der Waals surface area contributed by atoms with E-state index in [1.807, 2.05) is 0 Å². The summed E-state index contributed by atoms with van der Waals surface area (Å²) >= 11 is 0.149. The minimum absolute atomic E-state index is 0.149. The lowest BCUT2D eigenvalue weighted by Gasteiger charge is -1.99. The van der Waals surface area contributed by atoms with Gasteiger partial charge in [0.15, 0.2) is 0 Å². The maximum absolute atomic E-state index is 3.39. The minimum Gasteiger partial charge on any atom is -0.354 e. The van der Waals surface area contributed by atoms with Crippen LogP contribution in [-0.4, -0.2) is 3.63 Å². The van der Waals surface area contributed by atoms with Gasteiger partial charge in [-0.25, -0.2) is 0 Å². The highest BCUT2D eigenvalue weighted by molar-refractivity contribution is 14.2. The Hall–Kier alpha value is -0.380. The van der Waals surface area contributed by atoms with Gasteiger partial charge in [-0.15, -0.1) is 0 Å². The van der Waals surface area contributed by atoms with Crippen LogP contribution < -0.4 is 5.32 Å². The number of benzene rings is 1. The molecular weight excluding hydrogens is 249 g/mol. The van der Waals surface area contributed by atoms with Crippen LogP contribution in [0.1, 0.15) is 12.5 Å². The lowest BCUT2D eigenvalue weighted by Crippen LogP contribution is -1.98. The first kappa shape index (κ1) is 7.28. The van der Waals surface area contributed by atoms with E-state index in [1.54, 1.807) is 3.57 Å². The first-order valence-electron chi connectivity index (χ1n) is 3.62. The van der Waals surface area contributed by atoms with Gasteiger partial charge < -0.3 is 5.32 Å². The topological polar surface area (TPSA) is 12.0 Å². The molecule has 0 amide bonds. The summed E-state index contributed by atoms with van der Waals surface area (Å²) in [6.45, 7) is 4.33. The Labute approximate surface area is 76.6 Å². The van der Waals surface area contributed by atoms with Crippen molar-refractivity contribution in [1.82, 2.24) is 0 Å². The maximum atomic E-state index is 3.39.